The lowest BCUT2D eigenvalue weighted by molar-refractivity contribution is 0.563. The predicted octanol–water partition coefficient (Wildman–Crippen LogP) is 16.8. The summed E-state index contributed by atoms with van der Waals surface area (Å²) in [5.74, 6) is 0. The number of nitrogens with zero attached hydrogens (tertiary/aromatic N) is 1. The maximum atomic E-state index is 2.47. The van der Waals surface area contributed by atoms with E-state index in [4.69, 9.17) is 0 Å². The van der Waals surface area contributed by atoms with Crippen LogP contribution in [0.3, 0.4) is 0 Å². The summed E-state index contributed by atoms with van der Waals surface area (Å²) < 4.78 is 0. The van der Waals surface area contributed by atoms with Crippen molar-refractivity contribution in [2.45, 2.75) is 24.7 Å². The summed E-state index contributed by atoms with van der Waals surface area (Å²) in [5.41, 5.74) is 23.0. The van der Waals surface area contributed by atoms with Crippen LogP contribution in [0.1, 0.15) is 47.2 Å². The molecule has 12 rings (SSSR count). The molecule has 0 unspecified atom stereocenters. The van der Waals surface area contributed by atoms with Gasteiger partial charge in [-0.1, -0.05) is 226 Å². The molecule has 0 aliphatic heterocycles. The fourth-order valence-electron chi connectivity index (χ4n) is 11.2. The van der Waals surface area contributed by atoms with Crippen LogP contribution in [-0.4, -0.2) is 0 Å². The Balaban J connectivity index is 1.06. The summed E-state index contributed by atoms with van der Waals surface area (Å²) in [5, 5.41) is 0. The first-order valence-electron chi connectivity index (χ1n) is 22.8. The van der Waals surface area contributed by atoms with Crippen LogP contribution in [0.15, 0.2) is 249 Å². The summed E-state index contributed by atoms with van der Waals surface area (Å²) in [7, 11) is 0. The summed E-state index contributed by atoms with van der Waals surface area (Å²) in [6, 6.07) is 91.9. The van der Waals surface area contributed by atoms with Crippen LogP contribution < -0.4 is 4.90 Å². The van der Waals surface area contributed by atoms with Crippen molar-refractivity contribution < 1.29 is 0 Å². The minimum Gasteiger partial charge on any atom is -0.309 e. The van der Waals surface area contributed by atoms with Crippen LogP contribution in [0.5, 0.6) is 0 Å². The molecule has 0 saturated heterocycles. The van der Waals surface area contributed by atoms with Crippen LogP contribution in [0, 0.1) is 0 Å². The molecule has 65 heavy (non-hydrogen) atoms. The van der Waals surface area contributed by atoms with Gasteiger partial charge in [-0.25, -0.2) is 0 Å². The molecule has 308 valence electrons. The molecule has 0 bridgehead atoms. The smallest absolute Gasteiger partial charge is 0.0719 e. The highest BCUT2D eigenvalue weighted by Crippen LogP contribution is 2.62. The van der Waals surface area contributed by atoms with Gasteiger partial charge in [0, 0.05) is 22.2 Å². The van der Waals surface area contributed by atoms with Crippen molar-refractivity contribution in [3.05, 3.63) is 282 Å². The van der Waals surface area contributed by atoms with E-state index in [1.54, 1.807) is 0 Å². The van der Waals surface area contributed by atoms with Gasteiger partial charge in [0.1, 0.15) is 0 Å². The van der Waals surface area contributed by atoms with Crippen LogP contribution >= 0.6 is 0 Å². The Morgan fingerprint density at radius 3 is 1.35 bits per heavy atom. The molecule has 0 saturated carbocycles. The average molecular weight is 830 g/mol. The predicted molar refractivity (Wildman–Crippen MR) is 272 cm³/mol. The molecular weight excluding hydrogens is 783 g/mol. The highest BCUT2D eigenvalue weighted by atomic mass is 15.1. The molecule has 0 radical (unpaired) electrons. The molecule has 1 nitrogen and oxygen atoms in total. The number of hydrogen-bond donors (Lipinski definition) is 0. The standard InChI is InChI=1S/C64H47N/c1-63(2)57-32-15-17-34-59(57)64(60-35-18-16-33-58(60)63)55-31-14-12-30-52(55)54-43-49(37-39-56(54)64)47-27-20-28-50(41-47)65(61-36-19-13-29-51(61)45-23-8-4-9-24-45)62-40-38-48(44-21-6-3-7-22-44)42-53(62)46-25-10-5-11-26-46/h3-43H,1-2H3. The molecule has 2 aliphatic rings. The van der Waals surface area contributed by atoms with Gasteiger partial charge < -0.3 is 4.90 Å². The molecule has 0 N–H and O–H groups in total. The lowest BCUT2D eigenvalue weighted by atomic mass is 9.55. The van der Waals surface area contributed by atoms with E-state index in [0.717, 1.165) is 22.6 Å². The molecule has 0 aromatic heterocycles. The van der Waals surface area contributed by atoms with E-state index in [9.17, 15) is 0 Å². The zero-order valence-electron chi connectivity index (χ0n) is 36.6. The van der Waals surface area contributed by atoms with Gasteiger partial charge in [0.15, 0.2) is 0 Å². The Morgan fingerprint density at radius 2 is 0.692 bits per heavy atom. The monoisotopic (exact) mass is 829 g/mol. The molecule has 1 heteroatoms. The van der Waals surface area contributed by atoms with Gasteiger partial charge >= 0.3 is 0 Å². The van der Waals surface area contributed by atoms with Crippen molar-refractivity contribution >= 4 is 17.1 Å². The molecular formula is C64H47N. The molecule has 0 heterocycles. The largest absolute Gasteiger partial charge is 0.309 e. The summed E-state index contributed by atoms with van der Waals surface area (Å²) in [6.07, 6.45) is 0. The average Bonchev–Trinajstić information content (AvgIpc) is 3.67. The van der Waals surface area contributed by atoms with Crippen LogP contribution in [-0.2, 0) is 10.8 Å². The van der Waals surface area contributed by atoms with E-state index >= 15 is 0 Å². The number of benzene rings is 10. The third kappa shape index (κ3) is 6.07. The molecule has 0 amide bonds. The zero-order valence-corrected chi connectivity index (χ0v) is 36.6. The second kappa shape index (κ2) is 15.4. The maximum Gasteiger partial charge on any atom is 0.0719 e. The number of anilines is 3. The highest BCUT2D eigenvalue weighted by molar-refractivity contribution is 5.96. The maximum absolute atomic E-state index is 2.47. The second-order valence-corrected chi connectivity index (χ2v) is 18.0. The molecule has 0 fully saturated rings. The Kier molecular flexibility index (Phi) is 9.14. The van der Waals surface area contributed by atoms with Crippen molar-refractivity contribution in [2.24, 2.45) is 0 Å². The lowest BCUT2D eigenvalue weighted by Gasteiger charge is -2.46. The third-order valence-electron chi connectivity index (χ3n) is 14.2. The first kappa shape index (κ1) is 38.7. The van der Waals surface area contributed by atoms with E-state index < -0.39 is 5.41 Å². The van der Waals surface area contributed by atoms with E-state index in [2.05, 4.69) is 267 Å². The normalized spacial score (nSPS) is 13.6. The Bertz CT molecular complexity index is 3350. The molecule has 0 atom stereocenters. The summed E-state index contributed by atoms with van der Waals surface area (Å²) in [6.45, 7) is 4.77. The van der Waals surface area contributed by atoms with Gasteiger partial charge in [-0.05, 0) is 114 Å². The van der Waals surface area contributed by atoms with Gasteiger partial charge in [-0.2, -0.15) is 0 Å². The molecule has 10 aromatic rings. The number of para-hydroxylation sites is 1. The van der Waals surface area contributed by atoms with E-state index in [0.29, 0.717) is 0 Å². The third-order valence-corrected chi connectivity index (χ3v) is 14.2. The van der Waals surface area contributed by atoms with Gasteiger partial charge in [-0.15, -0.1) is 0 Å². The minimum absolute atomic E-state index is 0.135. The summed E-state index contributed by atoms with van der Waals surface area (Å²) in [4.78, 5) is 2.47. The first-order valence-corrected chi connectivity index (χ1v) is 22.8. The number of rotatable bonds is 7. The van der Waals surface area contributed by atoms with Crippen LogP contribution in [0.2, 0.25) is 0 Å². The van der Waals surface area contributed by atoms with Crippen LogP contribution in [0.4, 0.5) is 17.1 Å². The molecule has 10 aromatic carbocycles. The van der Waals surface area contributed by atoms with Crippen LogP contribution in [0.25, 0.3) is 55.6 Å². The Morgan fingerprint density at radius 1 is 0.262 bits per heavy atom. The number of fused-ring (bicyclic) bond motifs is 9. The molecule has 1 spiro atoms. The summed E-state index contributed by atoms with van der Waals surface area (Å²) >= 11 is 0. The van der Waals surface area contributed by atoms with Gasteiger partial charge in [-0.3, -0.25) is 0 Å². The van der Waals surface area contributed by atoms with Gasteiger partial charge in [0.05, 0.1) is 16.8 Å². The Hall–Kier alpha value is -8.00. The van der Waals surface area contributed by atoms with E-state index in [-0.39, 0.29) is 5.41 Å². The topological polar surface area (TPSA) is 3.24 Å². The van der Waals surface area contributed by atoms with E-state index in [1.165, 1.54) is 83.5 Å². The van der Waals surface area contributed by atoms with Gasteiger partial charge in [0.2, 0.25) is 0 Å². The SMILES string of the molecule is CC1(C)c2ccccc2C2(c3ccccc3-c3cc(-c4cccc(N(c5ccccc5-c5ccccc5)c5ccc(-c6ccccc6)cc5-c5ccccc5)c4)ccc32)c2ccccc21. The zero-order chi connectivity index (χ0) is 43.5. The van der Waals surface area contributed by atoms with Crippen molar-refractivity contribution in [1.29, 1.82) is 0 Å². The Labute approximate surface area is 382 Å². The number of hydrogen-bond acceptors (Lipinski definition) is 1. The van der Waals surface area contributed by atoms with Gasteiger partial charge in [0.25, 0.3) is 0 Å². The van der Waals surface area contributed by atoms with Crippen molar-refractivity contribution in [1.82, 2.24) is 0 Å². The fraction of sp³-hybridized carbons (Fsp3) is 0.0625. The molecule has 2 aliphatic carbocycles. The van der Waals surface area contributed by atoms with Crippen molar-refractivity contribution in [3.8, 4) is 55.6 Å². The van der Waals surface area contributed by atoms with Crippen molar-refractivity contribution in [2.75, 3.05) is 4.90 Å². The first-order chi connectivity index (χ1) is 32.0. The highest BCUT2D eigenvalue weighted by Gasteiger charge is 2.53. The second-order valence-electron chi connectivity index (χ2n) is 18.0. The quantitative estimate of drug-likeness (QED) is 0.155. The minimum atomic E-state index is -0.424. The lowest BCUT2D eigenvalue weighted by Crippen LogP contribution is -2.40. The van der Waals surface area contributed by atoms with Crippen molar-refractivity contribution in [3.63, 3.8) is 0 Å². The fourth-order valence-corrected chi connectivity index (χ4v) is 11.2. The van der Waals surface area contributed by atoms with E-state index in [1.807, 2.05) is 0 Å².